The Kier molecular flexibility index (Phi) is 4.47. The molecule has 0 amide bonds. The molecule has 0 spiro atoms. The lowest BCUT2D eigenvalue weighted by Crippen LogP contribution is -2.10. The van der Waals surface area contributed by atoms with E-state index in [0.717, 1.165) is 30.7 Å². The molecule has 0 aliphatic heterocycles. The molecule has 5 heterocycles. The van der Waals surface area contributed by atoms with E-state index in [1.807, 2.05) is 72.8 Å². The normalized spacial score (nSPS) is 16.2. The van der Waals surface area contributed by atoms with E-state index < -0.39 is 132 Å². The average molecular weight is 836 g/mol. The molecule has 5 aromatic heterocycles. The zero-order chi connectivity index (χ0) is 58.4. The molecule has 0 atom stereocenters. The van der Waals surface area contributed by atoms with E-state index in [1.54, 1.807) is 33.4 Å². The summed E-state index contributed by atoms with van der Waals surface area (Å²) in [6.07, 6.45) is 0. The highest BCUT2D eigenvalue weighted by Crippen LogP contribution is 2.43. The van der Waals surface area contributed by atoms with Crippen LogP contribution in [-0.2, 0) is 0 Å². The van der Waals surface area contributed by atoms with Crippen LogP contribution in [0.5, 0.6) is 0 Å². The van der Waals surface area contributed by atoms with Gasteiger partial charge in [0, 0.05) is 49.2 Å². The predicted molar refractivity (Wildman–Crippen MR) is 265 cm³/mol. The molecule has 64 heavy (non-hydrogen) atoms. The van der Waals surface area contributed by atoms with Gasteiger partial charge >= 0.3 is 0 Å². The Morgan fingerprint density at radius 2 is 0.609 bits per heavy atom. The van der Waals surface area contributed by atoms with Gasteiger partial charge in [-0.05, 0) is 60.5 Å². The van der Waals surface area contributed by atoms with Gasteiger partial charge in [-0.25, -0.2) is 9.97 Å². The summed E-state index contributed by atoms with van der Waals surface area (Å²) in [7, 11) is 0. The molecule has 0 aliphatic carbocycles. The van der Waals surface area contributed by atoms with Crippen molar-refractivity contribution in [3.8, 4) is 34.4 Å². The lowest BCUT2D eigenvalue weighted by Gasteiger charge is -2.20. The number of hydrogen-bond donors (Lipinski definition) is 0. The van der Waals surface area contributed by atoms with Crippen molar-refractivity contribution in [1.82, 2.24) is 28.2 Å². The van der Waals surface area contributed by atoms with E-state index in [1.165, 1.54) is 6.07 Å². The predicted octanol–water partition coefficient (Wildman–Crippen LogP) is 14.5. The molecular weight excluding hydrogens is 781 g/mol. The second-order valence-corrected chi connectivity index (χ2v) is 15.2. The van der Waals surface area contributed by atoms with Gasteiger partial charge in [0.2, 0.25) is 0 Å². The van der Waals surface area contributed by atoms with Crippen molar-refractivity contribution >= 4 is 87.2 Å². The minimum atomic E-state index is -0.753. The zero-order valence-electron chi connectivity index (χ0n) is 52.0. The highest BCUT2D eigenvalue weighted by molar-refractivity contribution is 6.13. The second kappa shape index (κ2) is 13.4. The van der Waals surface area contributed by atoms with Crippen LogP contribution in [-0.4, -0.2) is 28.2 Å². The minimum absolute atomic E-state index is 0.0551. The third kappa shape index (κ3) is 4.85. The Morgan fingerprint density at radius 3 is 0.953 bits per heavy atom. The largest absolute Gasteiger partial charge is 0.308 e. The van der Waals surface area contributed by atoms with E-state index in [9.17, 15) is 15.1 Å². The number of fused-ring (bicyclic) bond motifs is 12. The quantitative estimate of drug-likeness (QED) is 0.173. The van der Waals surface area contributed by atoms with Gasteiger partial charge in [-0.2, -0.15) is 0 Å². The summed E-state index contributed by atoms with van der Waals surface area (Å²) in [4.78, 5) is 10.5. The van der Waals surface area contributed by atoms with Gasteiger partial charge < -0.3 is 9.13 Å². The summed E-state index contributed by atoms with van der Waals surface area (Å²) >= 11 is 0. The summed E-state index contributed by atoms with van der Waals surface area (Å²) in [5, 5.41) is 1.62. The molecule has 0 aliphatic rings. The van der Waals surface area contributed by atoms with Crippen molar-refractivity contribution < 1.29 is 26.0 Å². The number of nitrogens with zero attached hydrogens (tertiary/aromatic N) is 6. The molecule has 14 rings (SSSR count). The molecule has 0 saturated heterocycles. The third-order valence-electron chi connectivity index (χ3n) is 11.9. The van der Waals surface area contributed by atoms with Crippen LogP contribution in [0.4, 0.5) is 0 Å². The molecule has 298 valence electrons. The van der Waals surface area contributed by atoms with Crippen molar-refractivity contribution in [3.63, 3.8) is 0 Å². The molecule has 0 saturated carbocycles. The Labute approximate surface area is 393 Å². The molecule has 0 bridgehead atoms. The van der Waals surface area contributed by atoms with Crippen molar-refractivity contribution in [1.29, 1.82) is 0 Å². The first kappa shape index (κ1) is 21.4. The first-order valence-electron chi connectivity index (χ1n) is 29.7. The molecule has 6 nitrogen and oxygen atoms in total. The van der Waals surface area contributed by atoms with Gasteiger partial charge in [0.25, 0.3) is 0 Å². The second-order valence-electron chi connectivity index (χ2n) is 15.2. The van der Waals surface area contributed by atoms with E-state index in [0.29, 0.717) is 22.1 Å². The number of rotatable bonds is 5. The van der Waals surface area contributed by atoms with Gasteiger partial charge in [-0.3, -0.25) is 9.13 Å². The number of benzene rings is 9. The lowest BCUT2D eigenvalue weighted by atomic mass is 10.1. The Balaban J connectivity index is 1.30. The topological polar surface area (TPSA) is 45.5 Å². The maximum absolute atomic E-state index is 10.2. The summed E-state index contributed by atoms with van der Waals surface area (Å²) in [5.41, 5.74) is 0.392. The highest BCUT2D eigenvalue weighted by atomic mass is 15.2. The van der Waals surface area contributed by atoms with Crippen molar-refractivity contribution in [2.75, 3.05) is 0 Å². The summed E-state index contributed by atoms with van der Waals surface area (Å²) < 4.78 is 182. The SMILES string of the molecule is [2H]c1c([2H])c(-n2c3ccccc3c3ccccc32)c(-c2nc(-n3c4c([2H])c([2H])c([2H])c([2H])c4c4c([2H])c([2H])c([2H])c([2H])c43)cc(-n3c4c([2H])c([2H])c([2H])c([2H])c4c4c([2H])c([2H])c([2H])c([2H])c43)n2)c(-n2c3ccccc3c3ccccc32)c1[2H]. The van der Waals surface area contributed by atoms with Crippen LogP contribution in [0.2, 0.25) is 0 Å². The summed E-state index contributed by atoms with van der Waals surface area (Å²) in [6.45, 7) is 0. The van der Waals surface area contributed by atoms with Crippen LogP contribution in [0.25, 0.3) is 122 Å². The molecule has 6 heteroatoms. The van der Waals surface area contributed by atoms with Gasteiger partial charge in [-0.1, -0.05) is 151 Å². The lowest BCUT2D eigenvalue weighted by molar-refractivity contribution is 0.987. The van der Waals surface area contributed by atoms with E-state index in [2.05, 4.69) is 0 Å². The average Bonchev–Trinajstić information content (AvgIpc) is 2.30. The molecular formula is C58H36N6. The van der Waals surface area contributed by atoms with Gasteiger partial charge in [0.15, 0.2) is 5.82 Å². The first-order valence-corrected chi connectivity index (χ1v) is 20.2. The van der Waals surface area contributed by atoms with E-state index in [-0.39, 0.29) is 60.5 Å². The first-order chi connectivity index (χ1) is 39.7. The maximum atomic E-state index is 10.2. The molecule has 0 N–H and O–H groups in total. The fourth-order valence-electron chi connectivity index (χ4n) is 9.32. The third-order valence-corrected chi connectivity index (χ3v) is 11.9. The highest BCUT2D eigenvalue weighted by Gasteiger charge is 2.26. The minimum Gasteiger partial charge on any atom is -0.308 e. The smallest absolute Gasteiger partial charge is 0.168 e. The van der Waals surface area contributed by atoms with E-state index in [4.69, 9.17) is 20.9 Å². The standard InChI is InChI=1S/C58H36N6/c1-9-26-45-37(18-1)38-19-2-10-27-46(38)61(45)53-34-17-35-54(62-47-28-11-3-20-39(47)40-21-4-12-29-48(40)62)57(53)58-59-55(63-49-30-13-5-22-41(49)42-23-6-14-31-50(42)63)36-56(60-58)64-51-32-15-7-24-43(51)44-25-8-16-33-52(44)64/h1-36H/i5D,6D,7D,8D,13D,14D,15D,16D,17D,22D,23D,24D,25D,30D,31D,32D,33D,34D,35D. The van der Waals surface area contributed by atoms with Gasteiger partial charge in [0.05, 0.1) is 87.1 Å². The Hall–Kier alpha value is -8.74. The summed E-state index contributed by atoms with van der Waals surface area (Å²) in [6, 6.07) is 17.7. The number of para-hydroxylation sites is 8. The molecule has 14 aromatic rings. The molecule has 0 radical (unpaired) electrons. The number of aromatic nitrogens is 6. The van der Waals surface area contributed by atoms with Crippen LogP contribution < -0.4 is 0 Å². The van der Waals surface area contributed by atoms with Crippen LogP contribution in [0.1, 0.15) is 26.0 Å². The molecule has 9 aromatic carbocycles. The van der Waals surface area contributed by atoms with Gasteiger partial charge in [-0.15, -0.1) is 0 Å². The fourth-order valence-corrected chi connectivity index (χ4v) is 9.32. The zero-order valence-corrected chi connectivity index (χ0v) is 33.0. The van der Waals surface area contributed by atoms with Crippen molar-refractivity contribution in [2.45, 2.75) is 0 Å². The van der Waals surface area contributed by atoms with Crippen LogP contribution in [0, 0.1) is 0 Å². The fraction of sp³-hybridized carbons (Fsp3) is 0. The van der Waals surface area contributed by atoms with E-state index >= 15 is 0 Å². The van der Waals surface area contributed by atoms with Crippen LogP contribution in [0.3, 0.4) is 0 Å². The molecule has 0 unspecified atom stereocenters. The maximum Gasteiger partial charge on any atom is 0.168 e. The van der Waals surface area contributed by atoms with Crippen LogP contribution >= 0.6 is 0 Å². The summed E-state index contributed by atoms with van der Waals surface area (Å²) in [5.74, 6) is -1.25. The van der Waals surface area contributed by atoms with Crippen molar-refractivity contribution in [3.05, 3.63) is 218 Å². The monoisotopic (exact) mass is 835 g/mol. The van der Waals surface area contributed by atoms with Crippen LogP contribution in [0.15, 0.2) is 218 Å². The Bertz CT molecular complexity index is 4770. The molecule has 0 fully saturated rings. The Morgan fingerprint density at radius 1 is 0.297 bits per heavy atom. The van der Waals surface area contributed by atoms with Crippen molar-refractivity contribution in [2.24, 2.45) is 0 Å². The number of hydrogen-bond acceptors (Lipinski definition) is 2. The van der Waals surface area contributed by atoms with Gasteiger partial charge in [0.1, 0.15) is 11.6 Å².